The van der Waals surface area contributed by atoms with Gasteiger partial charge in [0.05, 0.1) is 18.2 Å². The Morgan fingerprint density at radius 2 is 1.84 bits per heavy atom. The summed E-state index contributed by atoms with van der Waals surface area (Å²) >= 11 is 1.28. The fourth-order valence-corrected chi connectivity index (χ4v) is 5.67. The van der Waals surface area contributed by atoms with Gasteiger partial charge >= 0.3 is 0 Å². The minimum absolute atomic E-state index is 0.0464. The molecular weight excluding hydrogens is 582 g/mol. The first-order valence-corrected chi connectivity index (χ1v) is 15.2. The topological polar surface area (TPSA) is 159 Å². The molecule has 1 aliphatic heterocycles. The second-order valence-corrected chi connectivity index (χ2v) is 11.7. The molecule has 2 atom stereocenters. The Morgan fingerprint density at radius 1 is 1.02 bits per heavy atom. The average Bonchev–Trinajstić information content (AvgIpc) is 3.71. The van der Waals surface area contributed by atoms with Crippen LogP contribution in [-0.4, -0.2) is 63.1 Å². The number of thiazole rings is 1. The number of aromatic nitrogens is 3. The predicted octanol–water partition coefficient (Wildman–Crippen LogP) is 3.33. The zero-order valence-corrected chi connectivity index (χ0v) is 25.2. The van der Waals surface area contributed by atoms with Crippen LogP contribution in [0.5, 0.6) is 0 Å². The van der Waals surface area contributed by atoms with Crippen LogP contribution in [0, 0.1) is 5.92 Å². The lowest BCUT2D eigenvalue weighted by Crippen LogP contribution is -2.45. The normalized spacial score (nSPS) is 18.2. The van der Waals surface area contributed by atoms with Gasteiger partial charge in [-0.15, -0.1) is 11.3 Å². The molecule has 3 aromatic heterocycles. The number of carbonyl (C=O) groups is 4. The number of amides is 4. The van der Waals surface area contributed by atoms with Gasteiger partial charge in [-0.1, -0.05) is 44.2 Å². The second-order valence-electron chi connectivity index (χ2n) is 10.8. The standard InChI is InChI=1S/C31H33N7O5S/c1-19(2)13-23-30-37-25(18-44-30)27(40)33-11-12-38(31(42)21-9-6-10-32-15-21)16-26(39)34-22(14-20-7-4-3-5-8-20)29-36-24(17-43-29)28(41)35-23/h3-10,15,17-19,22-23H,11-14,16H2,1-2H3,(H,33,40)(H,34,39)(H,35,41)/t22-,23-/m0/s1. The number of fused-ring (bicyclic) bond motifs is 4. The third-order valence-electron chi connectivity index (χ3n) is 6.93. The first-order valence-electron chi connectivity index (χ1n) is 14.3. The Labute approximate surface area is 258 Å². The van der Waals surface area contributed by atoms with Crippen LogP contribution >= 0.6 is 11.3 Å². The molecule has 5 rings (SSSR count). The van der Waals surface area contributed by atoms with Crippen molar-refractivity contribution in [3.05, 3.63) is 99.9 Å². The van der Waals surface area contributed by atoms with E-state index < -0.39 is 35.7 Å². The van der Waals surface area contributed by atoms with E-state index in [1.165, 1.54) is 28.7 Å². The van der Waals surface area contributed by atoms with Gasteiger partial charge < -0.3 is 25.3 Å². The van der Waals surface area contributed by atoms with Gasteiger partial charge in [0.2, 0.25) is 11.8 Å². The van der Waals surface area contributed by atoms with E-state index in [0.717, 1.165) is 5.56 Å². The molecule has 0 saturated heterocycles. The number of benzene rings is 1. The van der Waals surface area contributed by atoms with E-state index in [1.807, 2.05) is 44.2 Å². The molecule has 1 aromatic carbocycles. The van der Waals surface area contributed by atoms with E-state index >= 15 is 0 Å². The van der Waals surface area contributed by atoms with Gasteiger partial charge in [0.1, 0.15) is 23.0 Å². The van der Waals surface area contributed by atoms with Crippen molar-refractivity contribution in [2.24, 2.45) is 5.92 Å². The van der Waals surface area contributed by atoms with E-state index in [0.29, 0.717) is 23.4 Å². The van der Waals surface area contributed by atoms with Gasteiger partial charge in [0.25, 0.3) is 17.7 Å². The van der Waals surface area contributed by atoms with Crippen LogP contribution in [0.4, 0.5) is 0 Å². The molecule has 4 aromatic rings. The molecule has 228 valence electrons. The lowest BCUT2D eigenvalue weighted by Gasteiger charge is -2.24. The highest BCUT2D eigenvalue weighted by molar-refractivity contribution is 7.09. The maximum Gasteiger partial charge on any atom is 0.273 e. The van der Waals surface area contributed by atoms with Gasteiger partial charge in [-0.25, -0.2) is 9.97 Å². The summed E-state index contributed by atoms with van der Waals surface area (Å²) in [5.74, 6) is -1.40. The van der Waals surface area contributed by atoms with Crippen LogP contribution in [0.15, 0.2) is 70.9 Å². The molecule has 4 amide bonds. The van der Waals surface area contributed by atoms with Crippen LogP contribution in [-0.2, 0) is 11.2 Å². The molecule has 0 radical (unpaired) electrons. The van der Waals surface area contributed by atoms with Gasteiger partial charge in [0, 0.05) is 37.3 Å². The smallest absolute Gasteiger partial charge is 0.273 e. The van der Waals surface area contributed by atoms with Crippen molar-refractivity contribution in [2.75, 3.05) is 19.6 Å². The van der Waals surface area contributed by atoms with Crippen molar-refractivity contribution in [1.29, 1.82) is 0 Å². The van der Waals surface area contributed by atoms with Crippen LogP contribution in [0.25, 0.3) is 0 Å². The molecule has 0 saturated carbocycles. The first-order chi connectivity index (χ1) is 21.3. The molecule has 0 spiro atoms. The molecule has 4 heterocycles. The Balaban J connectivity index is 1.48. The number of hydrogen-bond acceptors (Lipinski definition) is 9. The van der Waals surface area contributed by atoms with E-state index in [1.54, 1.807) is 23.7 Å². The number of oxazole rings is 1. The number of pyridine rings is 1. The molecule has 4 bridgehead atoms. The van der Waals surface area contributed by atoms with Gasteiger partial charge in [-0.05, 0) is 30.0 Å². The number of carbonyl (C=O) groups excluding carboxylic acids is 4. The maximum atomic E-state index is 13.4. The monoisotopic (exact) mass is 615 g/mol. The zero-order valence-electron chi connectivity index (χ0n) is 24.4. The van der Waals surface area contributed by atoms with Gasteiger partial charge in [-0.3, -0.25) is 24.2 Å². The number of hydrogen-bond donors (Lipinski definition) is 3. The van der Waals surface area contributed by atoms with E-state index in [9.17, 15) is 19.2 Å². The first kappa shape index (κ1) is 30.5. The molecule has 0 fully saturated rings. The molecule has 13 heteroatoms. The van der Waals surface area contributed by atoms with Crippen LogP contribution in [0.1, 0.15) is 80.1 Å². The molecular formula is C31H33N7O5S. The third kappa shape index (κ3) is 7.72. The van der Waals surface area contributed by atoms with E-state index in [4.69, 9.17) is 4.42 Å². The summed E-state index contributed by atoms with van der Waals surface area (Å²) in [4.78, 5) is 67.4. The Kier molecular flexibility index (Phi) is 9.75. The van der Waals surface area contributed by atoms with Crippen molar-refractivity contribution >= 4 is 35.0 Å². The maximum absolute atomic E-state index is 13.4. The zero-order chi connectivity index (χ0) is 31.1. The van der Waals surface area contributed by atoms with Gasteiger partial charge in [-0.2, -0.15) is 0 Å². The van der Waals surface area contributed by atoms with Crippen molar-refractivity contribution in [3.63, 3.8) is 0 Å². The average molecular weight is 616 g/mol. The molecule has 3 N–H and O–H groups in total. The SMILES string of the molecule is CC(C)C[C@@H]1NC(=O)c2coc(n2)[C@H](Cc2ccccc2)NC(=O)CN(C(=O)c2cccnc2)CCNC(=O)c2csc1n2. The minimum atomic E-state index is -0.728. The number of rotatable bonds is 5. The Morgan fingerprint density at radius 3 is 2.59 bits per heavy atom. The summed E-state index contributed by atoms with van der Waals surface area (Å²) in [6.07, 6.45) is 5.15. The lowest BCUT2D eigenvalue weighted by molar-refractivity contribution is -0.122. The van der Waals surface area contributed by atoms with E-state index in [-0.39, 0.29) is 42.8 Å². The highest BCUT2D eigenvalue weighted by atomic mass is 32.1. The van der Waals surface area contributed by atoms with Crippen molar-refractivity contribution in [2.45, 2.75) is 38.8 Å². The predicted molar refractivity (Wildman–Crippen MR) is 162 cm³/mol. The van der Waals surface area contributed by atoms with Crippen LogP contribution in [0.2, 0.25) is 0 Å². The lowest BCUT2D eigenvalue weighted by atomic mass is 10.0. The summed E-state index contributed by atoms with van der Waals surface area (Å²) < 4.78 is 5.74. The molecule has 44 heavy (non-hydrogen) atoms. The van der Waals surface area contributed by atoms with Crippen LogP contribution in [0.3, 0.4) is 0 Å². The molecule has 12 nitrogen and oxygen atoms in total. The minimum Gasteiger partial charge on any atom is -0.446 e. The Bertz CT molecular complexity index is 1610. The number of nitrogens with one attached hydrogen (secondary N) is 3. The molecule has 1 aliphatic rings. The highest BCUT2D eigenvalue weighted by Gasteiger charge is 2.28. The summed E-state index contributed by atoms with van der Waals surface area (Å²) in [6, 6.07) is 11.5. The quantitative estimate of drug-likeness (QED) is 0.308. The highest BCUT2D eigenvalue weighted by Crippen LogP contribution is 2.26. The third-order valence-corrected chi connectivity index (χ3v) is 7.89. The molecule has 0 unspecified atom stereocenters. The Hall–Kier alpha value is -4.91. The van der Waals surface area contributed by atoms with Crippen molar-refractivity contribution in [1.82, 2.24) is 35.8 Å². The van der Waals surface area contributed by atoms with Gasteiger partial charge in [0.15, 0.2) is 5.69 Å². The summed E-state index contributed by atoms with van der Waals surface area (Å²) in [7, 11) is 0. The fraction of sp³-hybridized carbons (Fsp3) is 0.323. The summed E-state index contributed by atoms with van der Waals surface area (Å²) in [5.41, 5.74) is 1.46. The molecule has 0 aliphatic carbocycles. The largest absolute Gasteiger partial charge is 0.446 e. The van der Waals surface area contributed by atoms with Crippen molar-refractivity contribution in [3.8, 4) is 0 Å². The summed E-state index contributed by atoms with van der Waals surface area (Å²) in [6.45, 7) is 3.89. The van der Waals surface area contributed by atoms with Crippen LogP contribution < -0.4 is 16.0 Å². The van der Waals surface area contributed by atoms with E-state index in [2.05, 4.69) is 30.9 Å². The fourth-order valence-electron chi connectivity index (χ4n) is 4.81. The summed E-state index contributed by atoms with van der Waals surface area (Å²) in [5, 5.41) is 10.9. The van der Waals surface area contributed by atoms with Crippen molar-refractivity contribution < 1.29 is 23.6 Å². The number of nitrogens with zero attached hydrogens (tertiary/aromatic N) is 4. The second kappa shape index (κ2) is 14.0.